The predicted octanol–water partition coefficient (Wildman–Crippen LogP) is -0.794. The Morgan fingerprint density at radius 3 is 2.42 bits per heavy atom. The van der Waals surface area contributed by atoms with E-state index in [2.05, 4.69) is 0 Å². The number of aliphatic hydroxyl groups excluding tert-OH is 1. The topological polar surface area (TPSA) is 89.3 Å². The van der Waals surface area contributed by atoms with Crippen LogP contribution in [0, 0.1) is 11.8 Å². The van der Waals surface area contributed by atoms with Crippen LogP contribution in [0.3, 0.4) is 0 Å². The summed E-state index contributed by atoms with van der Waals surface area (Å²) in [6.45, 7) is 1.95. The SMILES string of the molecule is CC(C1CC1)C(N)C(O)C(N)=O. The first-order valence-electron chi connectivity index (χ1n) is 4.27. The van der Waals surface area contributed by atoms with Crippen LogP contribution in [0.1, 0.15) is 19.8 Å². The van der Waals surface area contributed by atoms with Crippen LogP contribution >= 0.6 is 0 Å². The molecule has 0 radical (unpaired) electrons. The molecule has 1 saturated carbocycles. The molecule has 1 aliphatic carbocycles. The van der Waals surface area contributed by atoms with Crippen molar-refractivity contribution in [3.8, 4) is 0 Å². The average molecular weight is 172 g/mol. The molecule has 0 heterocycles. The monoisotopic (exact) mass is 172 g/mol. The first-order valence-corrected chi connectivity index (χ1v) is 4.27. The van der Waals surface area contributed by atoms with Gasteiger partial charge >= 0.3 is 0 Å². The molecule has 1 rings (SSSR count). The molecule has 0 aliphatic heterocycles. The van der Waals surface area contributed by atoms with Crippen molar-refractivity contribution >= 4 is 5.91 Å². The highest BCUT2D eigenvalue weighted by atomic mass is 16.3. The summed E-state index contributed by atoms with van der Waals surface area (Å²) < 4.78 is 0. The standard InChI is InChI=1S/C8H16N2O2/c1-4(5-2-3-5)6(9)7(11)8(10)12/h4-7,11H,2-3,9H2,1H3,(H2,10,12). The lowest BCUT2D eigenvalue weighted by atomic mass is 9.93. The lowest BCUT2D eigenvalue weighted by Gasteiger charge is -2.22. The molecule has 5 N–H and O–H groups in total. The van der Waals surface area contributed by atoms with Crippen LogP contribution in [-0.4, -0.2) is 23.2 Å². The first-order chi connectivity index (χ1) is 5.54. The summed E-state index contributed by atoms with van der Waals surface area (Å²) in [5.74, 6) is 0.0384. The third kappa shape index (κ3) is 1.95. The molecule has 1 aliphatic rings. The van der Waals surface area contributed by atoms with Crippen LogP contribution in [0.25, 0.3) is 0 Å². The van der Waals surface area contributed by atoms with E-state index >= 15 is 0 Å². The fraction of sp³-hybridized carbons (Fsp3) is 0.875. The van der Waals surface area contributed by atoms with Gasteiger partial charge < -0.3 is 16.6 Å². The third-order valence-electron chi connectivity index (χ3n) is 2.63. The first kappa shape index (κ1) is 9.48. The zero-order valence-corrected chi connectivity index (χ0v) is 7.23. The molecule has 0 aromatic rings. The van der Waals surface area contributed by atoms with Gasteiger partial charge in [-0.1, -0.05) is 6.92 Å². The van der Waals surface area contributed by atoms with Crippen LogP contribution in [0.15, 0.2) is 0 Å². The lowest BCUT2D eigenvalue weighted by Crippen LogP contribution is -2.48. The minimum atomic E-state index is -1.19. The molecule has 0 spiro atoms. The number of aliphatic hydroxyl groups is 1. The summed E-state index contributed by atoms with van der Waals surface area (Å²) in [6.07, 6.45) is 1.11. The van der Waals surface area contributed by atoms with E-state index in [1.165, 1.54) is 0 Å². The maximum atomic E-state index is 10.6. The van der Waals surface area contributed by atoms with Crippen molar-refractivity contribution < 1.29 is 9.90 Å². The van der Waals surface area contributed by atoms with E-state index < -0.39 is 18.1 Å². The van der Waals surface area contributed by atoms with E-state index in [1.807, 2.05) is 6.92 Å². The Hall–Kier alpha value is -0.610. The van der Waals surface area contributed by atoms with Gasteiger partial charge in [0, 0.05) is 6.04 Å². The number of hydrogen-bond donors (Lipinski definition) is 3. The Morgan fingerprint density at radius 2 is 2.08 bits per heavy atom. The summed E-state index contributed by atoms with van der Waals surface area (Å²) in [7, 11) is 0. The van der Waals surface area contributed by atoms with E-state index in [0.29, 0.717) is 5.92 Å². The molecular formula is C8H16N2O2. The second-order valence-electron chi connectivity index (χ2n) is 3.62. The molecule has 4 heteroatoms. The molecule has 4 nitrogen and oxygen atoms in total. The molecule has 1 amide bonds. The van der Waals surface area contributed by atoms with Crippen LogP contribution in [-0.2, 0) is 4.79 Å². The van der Waals surface area contributed by atoms with Gasteiger partial charge in [-0.05, 0) is 24.7 Å². The molecule has 3 atom stereocenters. The molecule has 70 valence electrons. The molecule has 0 aromatic carbocycles. The van der Waals surface area contributed by atoms with Gasteiger partial charge in [-0.25, -0.2) is 0 Å². The van der Waals surface area contributed by atoms with Gasteiger partial charge in [0.2, 0.25) is 5.91 Å². The Bertz CT molecular complexity index is 180. The molecule has 12 heavy (non-hydrogen) atoms. The lowest BCUT2D eigenvalue weighted by molar-refractivity contribution is -0.127. The maximum Gasteiger partial charge on any atom is 0.247 e. The zero-order valence-electron chi connectivity index (χ0n) is 7.23. The smallest absolute Gasteiger partial charge is 0.247 e. The maximum absolute atomic E-state index is 10.6. The van der Waals surface area contributed by atoms with E-state index in [4.69, 9.17) is 11.5 Å². The van der Waals surface area contributed by atoms with E-state index in [9.17, 15) is 9.90 Å². The molecule has 0 aromatic heterocycles. The Kier molecular flexibility index (Phi) is 2.69. The number of amides is 1. The van der Waals surface area contributed by atoms with Crippen molar-refractivity contribution in [3.05, 3.63) is 0 Å². The summed E-state index contributed by atoms with van der Waals surface area (Å²) >= 11 is 0. The summed E-state index contributed by atoms with van der Waals surface area (Å²) in [6, 6.07) is -0.505. The fourth-order valence-corrected chi connectivity index (χ4v) is 1.41. The minimum absolute atomic E-state index is 0.187. The highest BCUT2D eigenvalue weighted by Crippen LogP contribution is 2.38. The van der Waals surface area contributed by atoms with Gasteiger partial charge in [0.1, 0.15) is 6.10 Å². The number of hydrogen-bond acceptors (Lipinski definition) is 3. The van der Waals surface area contributed by atoms with Crippen LogP contribution in [0.4, 0.5) is 0 Å². The molecule has 0 bridgehead atoms. The predicted molar refractivity (Wildman–Crippen MR) is 45.1 cm³/mol. The van der Waals surface area contributed by atoms with Crippen molar-refractivity contribution in [2.45, 2.75) is 31.9 Å². The van der Waals surface area contributed by atoms with Crippen LogP contribution in [0.2, 0.25) is 0 Å². The highest BCUT2D eigenvalue weighted by Gasteiger charge is 2.36. The normalized spacial score (nSPS) is 24.6. The molecule has 0 saturated heterocycles. The van der Waals surface area contributed by atoms with Gasteiger partial charge in [0.05, 0.1) is 0 Å². The van der Waals surface area contributed by atoms with Crippen LogP contribution in [0.5, 0.6) is 0 Å². The Morgan fingerprint density at radius 1 is 1.58 bits per heavy atom. The van der Waals surface area contributed by atoms with E-state index in [0.717, 1.165) is 12.8 Å². The molecule has 1 fully saturated rings. The third-order valence-corrected chi connectivity index (χ3v) is 2.63. The zero-order chi connectivity index (χ0) is 9.30. The van der Waals surface area contributed by atoms with E-state index in [1.54, 1.807) is 0 Å². The number of carbonyl (C=O) groups is 1. The van der Waals surface area contributed by atoms with Gasteiger partial charge in [0.15, 0.2) is 0 Å². The quantitative estimate of drug-likeness (QED) is 0.519. The largest absolute Gasteiger partial charge is 0.382 e. The van der Waals surface area contributed by atoms with Crippen LogP contribution < -0.4 is 11.5 Å². The number of rotatable bonds is 4. The van der Waals surface area contributed by atoms with Gasteiger partial charge in [0.25, 0.3) is 0 Å². The summed E-state index contributed by atoms with van der Waals surface area (Å²) in [4.78, 5) is 10.6. The van der Waals surface area contributed by atoms with Gasteiger partial charge in [-0.15, -0.1) is 0 Å². The summed E-state index contributed by atoms with van der Waals surface area (Å²) in [5.41, 5.74) is 10.6. The highest BCUT2D eigenvalue weighted by molar-refractivity contribution is 5.79. The number of nitrogens with two attached hydrogens (primary N) is 2. The Balaban J connectivity index is 2.44. The number of carbonyl (C=O) groups excluding carboxylic acids is 1. The molecular weight excluding hydrogens is 156 g/mol. The van der Waals surface area contributed by atoms with Crippen molar-refractivity contribution in [3.63, 3.8) is 0 Å². The second-order valence-corrected chi connectivity index (χ2v) is 3.62. The molecule has 3 unspecified atom stereocenters. The van der Waals surface area contributed by atoms with Crippen molar-refractivity contribution in [2.75, 3.05) is 0 Å². The van der Waals surface area contributed by atoms with Crippen molar-refractivity contribution in [2.24, 2.45) is 23.3 Å². The fourth-order valence-electron chi connectivity index (χ4n) is 1.41. The Labute approximate surface area is 71.9 Å². The second kappa shape index (κ2) is 3.41. The van der Waals surface area contributed by atoms with Gasteiger partial charge in [-0.2, -0.15) is 0 Å². The number of primary amides is 1. The van der Waals surface area contributed by atoms with Crippen molar-refractivity contribution in [1.82, 2.24) is 0 Å². The average Bonchev–Trinajstić information content (AvgIpc) is 2.82. The van der Waals surface area contributed by atoms with Gasteiger partial charge in [-0.3, -0.25) is 4.79 Å². The van der Waals surface area contributed by atoms with Crippen molar-refractivity contribution in [1.29, 1.82) is 0 Å². The van der Waals surface area contributed by atoms with E-state index in [-0.39, 0.29) is 5.92 Å². The summed E-state index contributed by atoms with van der Waals surface area (Å²) in [5, 5.41) is 9.24. The minimum Gasteiger partial charge on any atom is -0.382 e.